The summed E-state index contributed by atoms with van der Waals surface area (Å²) in [5, 5.41) is 3.07. The fraction of sp³-hybridized carbons (Fsp3) is 0.884. The predicted octanol–water partition coefficient (Wildman–Crippen LogP) is 21.5. The van der Waals surface area contributed by atoms with Crippen LogP contribution in [0.2, 0.25) is 0 Å². The van der Waals surface area contributed by atoms with E-state index in [1.807, 2.05) is 33.3 Å². The molecule has 1 amide bonds. The number of ether oxygens (including phenoxy) is 1. The molecule has 0 heterocycles. The number of phosphoric acid groups is 1. The number of quaternary nitrogens is 1. The molecule has 0 rings (SSSR count). The van der Waals surface area contributed by atoms with Crippen LogP contribution in [-0.4, -0.2) is 74.3 Å². The average Bonchev–Trinajstić information content (AvgIpc) is 3.41. The van der Waals surface area contributed by atoms with Crippen molar-refractivity contribution in [3.63, 3.8) is 0 Å². The first-order valence-corrected chi connectivity index (χ1v) is 35.8. The molecular weight excluding hydrogens is 1000 g/mol. The Morgan fingerprint density at radius 3 is 1.16 bits per heavy atom. The van der Waals surface area contributed by atoms with Gasteiger partial charge in [0.15, 0.2) is 0 Å². The summed E-state index contributed by atoms with van der Waals surface area (Å²) in [6, 6.07) is -0.844. The van der Waals surface area contributed by atoms with Gasteiger partial charge in [0, 0.05) is 12.8 Å². The van der Waals surface area contributed by atoms with Crippen LogP contribution in [0.1, 0.15) is 342 Å². The standard InChI is InChI=1S/C69H133N2O7P/c1-7-10-13-16-19-22-25-27-29-31-33-34-35-36-38-39-41-43-46-49-52-55-58-61-68(72)70-66(65-77-79(74,75)76-64-63-71(4,5)6)67(60-57-54-51-48-45-24-21-18-15-12-9-3)78-69(73)62-59-56-53-50-47-44-42-40-37-32-30-28-26-23-20-17-14-11-8-2/h19,22,27,29,57,60,66-67H,7-18,20-21,23-26,28,30-56,58-59,61-65H2,1-6H3,(H-,70,72,74,75)/p+1/b22-19-,29-27-,60-57+. The Bertz CT molecular complexity index is 1450. The highest BCUT2D eigenvalue weighted by Crippen LogP contribution is 2.43. The van der Waals surface area contributed by atoms with Crippen molar-refractivity contribution in [2.75, 3.05) is 40.9 Å². The number of hydrogen-bond donors (Lipinski definition) is 2. The summed E-state index contributed by atoms with van der Waals surface area (Å²) >= 11 is 0. The van der Waals surface area contributed by atoms with Gasteiger partial charge in [-0.3, -0.25) is 18.6 Å². The van der Waals surface area contributed by atoms with Gasteiger partial charge in [0.05, 0.1) is 33.8 Å². The van der Waals surface area contributed by atoms with Gasteiger partial charge >= 0.3 is 13.8 Å². The van der Waals surface area contributed by atoms with Crippen molar-refractivity contribution in [3.8, 4) is 0 Å². The highest BCUT2D eigenvalue weighted by atomic mass is 31.2. The molecule has 0 aromatic heterocycles. The summed E-state index contributed by atoms with van der Waals surface area (Å²) in [6.07, 6.45) is 72.9. The lowest BCUT2D eigenvalue weighted by molar-refractivity contribution is -0.870. The molecule has 0 fully saturated rings. The minimum atomic E-state index is -4.45. The van der Waals surface area contributed by atoms with Gasteiger partial charge in [0.1, 0.15) is 19.3 Å². The van der Waals surface area contributed by atoms with Gasteiger partial charge in [-0.05, 0) is 63.9 Å². The Kier molecular flexibility index (Phi) is 58.1. The van der Waals surface area contributed by atoms with Gasteiger partial charge in [0.25, 0.3) is 0 Å². The van der Waals surface area contributed by atoms with Gasteiger partial charge in [0.2, 0.25) is 5.91 Å². The number of nitrogens with one attached hydrogen (secondary N) is 1. The average molecular weight is 1130 g/mol. The van der Waals surface area contributed by atoms with Crippen molar-refractivity contribution in [1.82, 2.24) is 5.32 Å². The molecule has 9 nitrogen and oxygen atoms in total. The fourth-order valence-electron chi connectivity index (χ4n) is 10.3. The number of carbonyl (C=O) groups is 2. The molecule has 3 unspecified atom stereocenters. The summed E-state index contributed by atoms with van der Waals surface area (Å²) in [5.41, 5.74) is 0. The third-order valence-corrected chi connectivity index (χ3v) is 16.6. The largest absolute Gasteiger partial charge is 0.472 e. The van der Waals surface area contributed by atoms with E-state index in [-0.39, 0.29) is 25.1 Å². The molecular formula is C69H134N2O7P+. The molecule has 0 aromatic carbocycles. The molecule has 10 heteroatoms. The van der Waals surface area contributed by atoms with Crippen LogP contribution in [-0.2, 0) is 27.9 Å². The predicted molar refractivity (Wildman–Crippen MR) is 342 cm³/mol. The number of phosphoric ester groups is 1. The minimum absolute atomic E-state index is 0.0430. The molecule has 0 spiro atoms. The van der Waals surface area contributed by atoms with E-state index in [4.69, 9.17) is 13.8 Å². The van der Waals surface area contributed by atoms with Crippen LogP contribution in [0.4, 0.5) is 0 Å². The number of rotatable bonds is 63. The highest BCUT2D eigenvalue weighted by Gasteiger charge is 2.30. The zero-order chi connectivity index (χ0) is 57.9. The summed E-state index contributed by atoms with van der Waals surface area (Å²) in [6.45, 7) is 7.04. The molecule has 0 radical (unpaired) electrons. The molecule has 0 aliphatic rings. The molecule has 79 heavy (non-hydrogen) atoms. The van der Waals surface area contributed by atoms with E-state index in [2.05, 4.69) is 50.4 Å². The lowest BCUT2D eigenvalue weighted by atomic mass is 10.0. The van der Waals surface area contributed by atoms with Crippen LogP contribution in [0.3, 0.4) is 0 Å². The minimum Gasteiger partial charge on any atom is -0.456 e. The van der Waals surface area contributed by atoms with Gasteiger partial charge in [-0.25, -0.2) is 4.57 Å². The zero-order valence-corrected chi connectivity index (χ0v) is 54.3. The molecule has 3 atom stereocenters. The van der Waals surface area contributed by atoms with E-state index >= 15 is 0 Å². The van der Waals surface area contributed by atoms with Crippen LogP contribution in [0, 0.1) is 0 Å². The molecule has 0 saturated carbocycles. The first-order valence-electron chi connectivity index (χ1n) is 34.3. The van der Waals surface area contributed by atoms with Gasteiger partial charge in [-0.15, -0.1) is 0 Å². The maximum Gasteiger partial charge on any atom is 0.472 e. The molecule has 0 aromatic rings. The molecule has 0 aliphatic carbocycles. The van der Waals surface area contributed by atoms with Crippen LogP contribution >= 0.6 is 7.82 Å². The second-order valence-corrected chi connectivity index (χ2v) is 26.2. The summed E-state index contributed by atoms with van der Waals surface area (Å²) in [7, 11) is 1.51. The van der Waals surface area contributed by atoms with E-state index in [0.717, 1.165) is 64.2 Å². The van der Waals surface area contributed by atoms with E-state index < -0.39 is 20.0 Å². The number of hydrogen-bond acceptors (Lipinski definition) is 6. The van der Waals surface area contributed by atoms with Crippen molar-refractivity contribution in [2.24, 2.45) is 0 Å². The SMILES string of the molecule is CCCCC/C=C\C/C=C\CCCCCCCCCCCCCCCC(=O)NC(COP(=O)(O)OCC[N+](C)(C)C)C(/C=C/CCCCCCCCCCC)OC(=O)CCCCCCCCCCCCCCCCCCCCC. The summed E-state index contributed by atoms with van der Waals surface area (Å²) in [4.78, 5) is 37.8. The van der Waals surface area contributed by atoms with Crippen LogP contribution in [0.25, 0.3) is 0 Å². The number of esters is 1. The normalized spacial score (nSPS) is 13.8. The summed E-state index contributed by atoms with van der Waals surface area (Å²) in [5.74, 6) is -0.488. The van der Waals surface area contributed by atoms with Crippen LogP contribution < -0.4 is 5.32 Å². The van der Waals surface area contributed by atoms with Gasteiger partial charge in [-0.1, -0.05) is 302 Å². The highest BCUT2D eigenvalue weighted by molar-refractivity contribution is 7.47. The van der Waals surface area contributed by atoms with E-state index in [1.54, 1.807) is 0 Å². The molecule has 466 valence electrons. The van der Waals surface area contributed by atoms with Gasteiger partial charge < -0.3 is 19.4 Å². The van der Waals surface area contributed by atoms with Crippen molar-refractivity contribution < 1.29 is 37.3 Å². The molecule has 0 aliphatic heterocycles. The summed E-state index contributed by atoms with van der Waals surface area (Å²) < 4.78 is 30.8. The molecule has 2 N–H and O–H groups in total. The lowest BCUT2D eigenvalue weighted by Crippen LogP contribution is -2.47. The lowest BCUT2D eigenvalue weighted by Gasteiger charge is -2.27. The van der Waals surface area contributed by atoms with E-state index in [0.29, 0.717) is 23.9 Å². The smallest absolute Gasteiger partial charge is 0.456 e. The van der Waals surface area contributed by atoms with Crippen LogP contribution in [0.15, 0.2) is 36.5 Å². The molecule has 0 bridgehead atoms. The second kappa shape index (κ2) is 59.4. The first-order chi connectivity index (χ1) is 38.4. The first kappa shape index (κ1) is 77.2. The third-order valence-electron chi connectivity index (χ3n) is 15.6. The maximum absolute atomic E-state index is 13.6. The Hall–Kier alpha value is -1.77. The Labute approximate surface area is 491 Å². The monoisotopic (exact) mass is 1130 g/mol. The van der Waals surface area contributed by atoms with Crippen molar-refractivity contribution in [3.05, 3.63) is 36.5 Å². The van der Waals surface area contributed by atoms with E-state index in [9.17, 15) is 19.0 Å². The van der Waals surface area contributed by atoms with Crippen molar-refractivity contribution in [2.45, 2.75) is 354 Å². The number of allylic oxidation sites excluding steroid dienone is 5. The number of unbranched alkanes of at least 4 members (excludes halogenated alkanes) is 43. The second-order valence-electron chi connectivity index (χ2n) is 24.7. The van der Waals surface area contributed by atoms with E-state index in [1.165, 1.54) is 244 Å². The number of nitrogens with zero attached hydrogens (tertiary/aromatic N) is 1. The number of carbonyl (C=O) groups excluding carboxylic acids is 2. The number of amides is 1. The third kappa shape index (κ3) is 60.6. The molecule has 0 saturated heterocycles. The topological polar surface area (TPSA) is 111 Å². The quantitative estimate of drug-likeness (QED) is 0.0205. The fourth-order valence-corrected chi connectivity index (χ4v) is 11.0. The zero-order valence-electron chi connectivity index (χ0n) is 53.4. The van der Waals surface area contributed by atoms with Crippen molar-refractivity contribution in [1.29, 1.82) is 0 Å². The van der Waals surface area contributed by atoms with Gasteiger partial charge in [-0.2, -0.15) is 0 Å². The van der Waals surface area contributed by atoms with Crippen LogP contribution in [0.5, 0.6) is 0 Å². The Morgan fingerprint density at radius 2 is 0.772 bits per heavy atom. The van der Waals surface area contributed by atoms with Crippen molar-refractivity contribution >= 4 is 19.7 Å². The Balaban J connectivity index is 5.04. The Morgan fingerprint density at radius 1 is 0.443 bits per heavy atom. The maximum atomic E-state index is 13.6. The number of likely N-dealkylation sites (N-methyl/N-ethyl adjacent to an activating group) is 1.